The standard InChI is InChI=1S/C81H138O17P2/c1-5-9-13-17-21-25-29-33-36-37-40-43-46-50-54-58-62-66-79(84)92-71-76(97-80(85)67-63-59-55-51-47-41-32-28-24-20-16-12-8-4)73-95-99(87,88)93-69-75(82)70-94-100(89,90)96-74-77(98-81(86)68-64-60-56-52-48-44-39-35-31-27-23-19-15-11-7-3)72-91-78(83)65-61-57-53-49-45-42-38-34-30-26-22-18-14-10-6-2/h9-10,13-14,16,20-22,25-26,28,32-34,36,38,40,43,45,49,75-77,82H,5-8,11-12,15,17-19,23-24,27,29-31,35,37,39,41-42,44,46-48,50-74H2,1-4H3,(H,87,88)(H,89,90)/b13-9-,14-10-,20-16-,25-21-,26-22-,32-28-,36-33-,38-34-,43-40-,49-45-. The van der Waals surface area contributed by atoms with E-state index in [1.54, 1.807) is 0 Å². The molecule has 0 rings (SSSR count). The average Bonchev–Trinajstić information content (AvgIpc) is 0.965. The fourth-order valence-corrected chi connectivity index (χ4v) is 11.6. The van der Waals surface area contributed by atoms with Crippen LogP contribution in [0.2, 0.25) is 0 Å². The van der Waals surface area contributed by atoms with E-state index in [0.717, 1.165) is 167 Å². The molecule has 0 amide bonds. The Kier molecular flexibility index (Phi) is 69.5. The maximum atomic E-state index is 13.1. The Labute approximate surface area is 606 Å². The zero-order valence-corrected chi connectivity index (χ0v) is 64.4. The van der Waals surface area contributed by atoms with Gasteiger partial charge in [0.05, 0.1) is 26.4 Å². The van der Waals surface area contributed by atoms with Crippen LogP contribution in [0.1, 0.15) is 310 Å². The van der Waals surface area contributed by atoms with Crippen LogP contribution in [0.4, 0.5) is 0 Å². The highest BCUT2D eigenvalue weighted by molar-refractivity contribution is 7.47. The van der Waals surface area contributed by atoms with Gasteiger partial charge in [-0.3, -0.25) is 37.3 Å². The Morgan fingerprint density at radius 1 is 0.290 bits per heavy atom. The van der Waals surface area contributed by atoms with Crippen molar-refractivity contribution in [3.8, 4) is 0 Å². The number of aliphatic hydroxyl groups excluding tert-OH is 1. The summed E-state index contributed by atoms with van der Waals surface area (Å²) in [5, 5.41) is 10.6. The first-order chi connectivity index (χ1) is 48.7. The molecule has 0 aromatic heterocycles. The number of unbranched alkanes of at least 4 members (excludes halogenated alkanes) is 26. The van der Waals surface area contributed by atoms with E-state index in [1.807, 2.05) is 0 Å². The maximum absolute atomic E-state index is 13.1. The van der Waals surface area contributed by atoms with Crippen molar-refractivity contribution in [1.82, 2.24) is 0 Å². The van der Waals surface area contributed by atoms with Gasteiger partial charge in [0, 0.05) is 25.7 Å². The van der Waals surface area contributed by atoms with Crippen molar-refractivity contribution in [1.29, 1.82) is 0 Å². The zero-order valence-electron chi connectivity index (χ0n) is 62.6. The first-order valence-corrected chi connectivity index (χ1v) is 41.8. The predicted octanol–water partition coefficient (Wildman–Crippen LogP) is 22.3. The molecule has 0 saturated heterocycles. The van der Waals surface area contributed by atoms with Crippen LogP contribution < -0.4 is 0 Å². The second-order valence-electron chi connectivity index (χ2n) is 25.5. The van der Waals surface area contributed by atoms with Crippen LogP contribution in [0, 0.1) is 0 Å². The number of rotatable bonds is 72. The maximum Gasteiger partial charge on any atom is 0.472 e. The fourth-order valence-electron chi connectivity index (χ4n) is 10.1. The molecule has 0 aromatic rings. The summed E-state index contributed by atoms with van der Waals surface area (Å²) >= 11 is 0. The molecule has 0 fully saturated rings. The van der Waals surface area contributed by atoms with Gasteiger partial charge in [0.1, 0.15) is 19.3 Å². The molecule has 17 nitrogen and oxygen atoms in total. The number of esters is 4. The molecule has 5 atom stereocenters. The van der Waals surface area contributed by atoms with Gasteiger partial charge < -0.3 is 33.8 Å². The van der Waals surface area contributed by atoms with E-state index in [2.05, 4.69) is 149 Å². The number of allylic oxidation sites excluding steroid dienone is 20. The van der Waals surface area contributed by atoms with Crippen molar-refractivity contribution in [2.24, 2.45) is 0 Å². The zero-order chi connectivity index (χ0) is 73.2. The summed E-state index contributed by atoms with van der Waals surface area (Å²) in [6, 6.07) is 0. The summed E-state index contributed by atoms with van der Waals surface area (Å²) in [5.41, 5.74) is 0. The Bertz CT molecular complexity index is 2370. The van der Waals surface area contributed by atoms with Crippen molar-refractivity contribution in [2.75, 3.05) is 39.6 Å². The van der Waals surface area contributed by atoms with E-state index >= 15 is 0 Å². The average molecular weight is 1450 g/mol. The minimum atomic E-state index is -4.99. The number of aliphatic hydroxyl groups is 1. The summed E-state index contributed by atoms with van der Waals surface area (Å²) in [4.78, 5) is 72.9. The van der Waals surface area contributed by atoms with Gasteiger partial charge in [0.25, 0.3) is 0 Å². The lowest BCUT2D eigenvalue weighted by Crippen LogP contribution is -2.30. The summed E-state index contributed by atoms with van der Waals surface area (Å²) in [7, 11) is -9.97. The highest BCUT2D eigenvalue weighted by Crippen LogP contribution is 2.45. The molecule has 0 bridgehead atoms. The van der Waals surface area contributed by atoms with Crippen LogP contribution >= 0.6 is 15.6 Å². The van der Waals surface area contributed by atoms with Gasteiger partial charge in [-0.1, -0.05) is 278 Å². The number of phosphoric acid groups is 2. The minimum absolute atomic E-state index is 0.0702. The lowest BCUT2D eigenvalue weighted by Gasteiger charge is -2.21. The third-order valence-corrected chi connectivity index (χ3v) is 17.8. The molecule has 0 heterocycles. The largest absolute Gasteiger partial charge is 0.472 e. The van der Waals surface area contributed by atoms with Crippen molar-refractivity contribution in [3.05, 3.63) is 122 Å². The topological polar surface area (TPSA) is 237 Å². The first kappa shape index (κ1) is 95.5. The quantitative estimate of drug-likeness (QED) is 0.0169. The van der Waals surface area contributed by atoms with Gasteiger partial charge in [0.2, 0.25) is 0 Å². The van der Waals surface area contributed by atoms with Gasteiger partial charge in [-0.05, 0) is 128 Å². The van der Waals surface area contributed by atoms with E-state index in [4.69, 9.17) is 37.0 Å². The van der Waals surface area contributed by atoms with Crippen LogP contribution in [-0.4, -0.2) is 96.7 Å². The molecule has 0 saturated carbocycles. The SMILES string of the molecule is CC/C=C\C/C=C\C/C=C\C/C=C\CCCCCCC(=O)OCC(COP(=O)(O)OCC(O)COP(=O)(O)OCC(COC(=O)CCCC/C=C\C/C=C\C/C=C\C/C=C\CC)OC(=O)CCCCCCCCCCCCCCCCC)OC(=O)CCCCCCC/C=C\C/C=C\CCC. The van der Waals surface area contributed by atoms with Crippen molar-refractivity contribution in [2.45, 2.75) is 329 Å². The van der Waals surface area contributed by atoms with E-state index in [1.165, 1.54) is 64.2 Å². The molecule has 0 spiro atoms. The molecule has 19 heteroatoms. The highest BCUT2D eigenvalue weighted by Gasteiger charge is 2.30. The van der Waals surface area contributed by atoms with Crippen LogP contribution in [-0.2, 0) is 65.4 Å². The lowest BCUT2D eigenvalue weighted by atomic mass is 10.0. The van der Waals surface area contributed by atoms with Crippen LogP contribution in [0.3, 0.4) is 0 Å². The first-order valence-electron chi connectivity index (χ1n) is 38.8. The molecule has 0 aromatic carbocycles. The highest BCUT2D eigenvalue weighted by atomic mass is 31.2. The van der Waals surface area contributed by atoms with E-state index in [-0.39, 0.29) is 25.7 Å². The molecular formula is C81H138O17P2. The number of hydrogen-bond acceptors (Lipinski definition) is 15. The van der Waals surface area contributed by atoms with Gasteiger partial charge in [0.15, 0.2) is 12.2 Å². The van der Waals surface area contributed by atoms with Crippen molar-refractivity contribution < 1.29 is 80.2 Å². The second-order valence-corrected chi connectivity index (χ2v) is 28.4. The summed E-state index contributed by atoms with van der Waals surface area (Å²) < 4.78 is 68.5. The van der Waals surface area contributed by atoms with Gasteiger partial charge in [-0.15, -0.1) is 0 Å². The molecule has 5 unspecified atom stereocenters. The van der Waals surface area contributed by atoms with E-state index in [0.29, 0.717) is 25.7 Å². The van der Waals surface area contributed by atoms with E-state index < -0.39 is 97.5 Å². The third-order valence-electron chi connectivity index (χ3n) is 15.9. The smallest absolute Gasteiger partial charge is 0.462 e. The minimum Gasteiger partial charge on any atom is -0.462 e. The van der Waals surface area contributed by atoms with Crippen LogP contribution in [0.25, 0.3) is 0 Å². The number of carbonyl (C=O) groups excluding carboxylic acids is 4. The van der Waals surface area contributed by atoms with Crippen LogP contribution in [0.15, 0.2) is 122 Å². The molecule has 0 aliphatic heterocycles. The van der Waals surface area contributed by atoms with Crippen LogP contribution in [0.5, 0.6) is 0 Å². The van der Waals surface area contributed by atoms with Crippen molar-refractivity contribution >= 4 is 39.5 Å². The predicted molar refractivity (Wildman–Crippen MR) is 408 cm³/mol. The van der Waals surface area contributed by atoms with E-state index in [9.17, 15) is 43.2 Å². The Balaban J connectivity index is 5.40. The number of carbonyl (C=O) groups is 4. The third kappa shape index (κ3) is 71.8. The second kappa shape index (κ2) is 72.8. The molecule has 0 aliphatic rings. The number of phosphoric ester groups is 2. The molecule has 0 radical (unpaired) electrons. The molecular weight excluding hydrogens is 1310 g/mol. The lowest BCUT2D eigenvalue weighted by molar-refractivity contribution is -0.161. The summed E-state index contributed by atoms with van der Waals surface area (Å²) in [5.74, 6) is -2.26. The Hall–Kier alpha value is -4.54. The summed E-state index contributed by atoms with van der Waals surface area (Å²) in [6.07, 6.45) is 79.0. The normalized spacial score (nSPS) is 14.6. The monoisotopic (exact) mass is 1440 g/mol. The molecule has 574 valence electrons. The summed E-state index contributed by atoms with van der Waals surface area (Å²) in [6.45, 7) is 4.51. The Morgan fingerprint density at radius 3 is 0.860 bits per heavy atom. The van der Waals surface area contributed by atoms with Gasteiger partial charge in [-0.25, -0.2) is 9.13 Å². The van der Waals surface area contributed by atoms with Gasteiger partial charge in [-0.2, -0.15) is 0 Å². The number of hydrogen-bond donors (Lipinski definition) is 3. The molecule has 0 aliphatic carbocycles. The molecule has 100 heavy (non-hydrogen) atoms. The molecule has 3 N–H and O–H groups in total. The number of ether oxygens (including phenoxy) is 4. The Morgan fingerprint density at radius 2 is 0.540 bits per heavy atom. The fraction of sp³-hybridized carbons (Fsp3) is 0.704. The van der Waals surface area contributed by atoms with Crippen molar-refractivity contribution in [3.63, 3.8) is 0 Å². The van der Waals surface area contributed by atoms with Gasteiger partial charge >= 0.3 is 39.5 Å².